The van der Waals surface area contributed by atoms with Gasteiger partial charge in [0.1, 0.15) is 11.2 Å². The maximum Gasteiger partial charge on any atom is 0.144 e. The maximum atomic E-state index is 8.87. The van der Waals surface area contributed by atoms with Gasteiger partial charge in [-0.15, -0.1) is 0 Å². The van der Waals surface area contributed by atoms with Crippen molar-refractivity contribution in [2.75, 3.05) is 0 Å². The molecule has 0 unspecified atom stereocenters. The summed E-state index contributed by atoms with van der Waals surface area (Å²) in [5.74, 6) is 0. The molecule has 6 rings (SSSR count). The zero-order valence-corrected chi connectivity index (χ0v) is 19.9. The fourth-order valence-electron chi connectivity index (χ4n) is 4.64. The normalized spacial score (nSPS) is 15.4. The van der Waals surface area contributed by atoms with Crippen molar-refractivity contribution in [1.29, 1.82) is 0 Å². The fourth-order valence-corrected chi connectivity index (χ4v) is 4.82. The number of aromatic nitrogens is 1. The first-order chi connectivity index (χ1) is 18.3. The van der Waals surface area contributed by atoms with Gasteiger partial charge in [-0.2, -0.15) is 0 Å². The van der Waals surface area contributed by atoms with Crippen LogP contribution in [-0.4, -0.2) is 4.98 Å². The second-order valence-corrected chi connectivity index (χ2v) is 10.2. The first kappa shape index (κ1) is 16.3. The lowest BCUT2D eigenvalue weighted by Gasteiger charge is -2.20. The molecule has 0 spiro atoms. The average Bonchev–Trinajstić information content (AvgIpc) is 3.23. The van der Waals surface area contributed by atoms with Crippen molar-refractivity contribution in [3.05, 3.63) is 89.1 Å². The van der Waals surface area contributed by atoms with E-state index in [2.05, 4.69) is 23.2 Å². The minimum atomic E-state index is -2.50. The van der Waals surface area contributed by atoms with Crippen molar-refractivity contribution in [1.82, 2.24) is 4.98 Å². The lowest BCUT2D eigenvalue weighted by atomic mass is 9.86. The number of hydrogen-bond acceptors (Lipinski definition) is 2. The van der Waals surface area contributed by atoms with Gasteiger partial charge in [0.15, 0.2) is 0 Å². The summed E-state index contributed by atoms with van der Waals surface area (Å²) in [4.78, 5) is 4.50. The smallest absolute Gasteiger partial charge is 0.144 e. The molecule has 0 radical (unpaired) electrons. The highest BCUT2D eigenvalue weighted by Gasteiger charge is 2.17. The van der Waals surface area contributed by atoms with Crippen molar-refractivity contribution in [2.45, 2.75) is 34.0 Å². The van der Waals surface area contributed by atoms with Crippen LogP contribution in [0.1, 0.15) is 38.8 Å². The van der Waals surface area contributed by atoms with Crippen LogP contribution in [0.5, 0.6) is 0 Å². The van der Waals surface area contributed by atoms with Crippen LogP contribution >= 0.6 is 11.6 Å². The van der Waals surface area contributed by atoms with Crippen LogP contribution in [0.15, 0.2) is 77.3 Å². The third kappa shape index (κ3) is 3.54. The van der Waals surface area contributed by atoms with E-state index in [1.165, 1.54) is 6.20 Å². The number of aryl methyl sites for hydroxylation is 1. The molecule has 2 nitrogen and oxygen atoms in total. The summed E-state index contributed by atoms with van der Waals surface area (Å²) in [5.41, 5.74) is 1.66. The molecular formula is C31H26ClNO. The average molecular weight is 469 g/mol. The Kier molecular flexibility index (Phi) is 3.63. The molecule has 0 atom stereocenters. The summed E-state index contributed by atoms with van der Waals surface area (Å²) < 4.78 is 48.2. The Morgan fingerprint density at radius 2 is 1.74 bits per heavy atom. The Balaban J connectivity index is 1.61. The highest BCUT2D eigenvalue weighted by Crippen LogP contribution is 2.39. The molecule has 3 heteroatoms. The molecule has 0 amide bonds. The molecule has 0 bridgehead atoms. The van der Waals surface area contributed by atoms with Gasteiger partial charge in [0.2, 0.25) is 0 Å². The summed E-state index contributed by atoms with van der Waals surface area (Å²) in [6.07, 6.45) is -0.633. The number of benzene rings is 4. The number of hydrogen-bond donors (Lipinski definition) is 0. The largest absolute Gasteiger partial charge is 0.455 e. The van der Waals surface area contributed by atoms with Crippen LogP contribution < -0.4 is 0 Å². The van der Waals surface area contributed by atoms with Crippen LogP contribution in [0.4, 0.5) is 0 Å². The molecule has 0 fully saturated rings. The van der Waals surface area contributed by atoms with Crippen LogP contribution in [-0.2, 0) is 6.37 Å². The van der Waals surface area contributed by atoms with Crippen molar-refractivity contribution in [3.63, 3.8) is 0 Å². The van der Waals surface area contributed by atoms with Crippen LogP contribution in [0.25, 0.3) is 54.7 Å². The molecule has 0 aliphatic rings. The quantitative estimate of drug-likeness (QED) is 0.236. The standard InChI is InChI=1S/C31H26ClNO/c1-18-17-33-28(14-21(18)16-31(2,3)4)25-7-5-6-24-27-13-20-9-8-19-12-22(32)10-11-23(19)26(20)15-29(27)34-30(24)25/h5-15,17H,16H2,1-4H3/i1D3,16D2. The molecule has 4 aromatic carbocycles. The lowest BCUT2D eigenvalue weighted by molar-refractivity contribution is 0.410. The number of fused-ring (bicyclic) bond motifs is 6. The number of furan rings is 1. The van der Waals surface area contributed by atoms with E-state index in [9.17, 15) is 0 Å². The van der Waals surface area contributed by atoms with Crippen LogP contribution in [0.3, 0.4) is 0 Å². The Bertz CT molecular complexity index is 1930. The molecular weight excluding hydrogens is 438 g/mol. The number of halogens is 1. The van der Waals surface area contributed by atoms with E-state index in [0.29, 0.717) is 21.9 Å². The van der Waals surface area contributed by atoms with Crippen molar-refractivity contribution in [3.8, 4) is 11.3 Å². The predicted molar refractivity (Wildman–Crippen MR) is 145 cm³/mol. The second-order valence-electron chi connectivity index (χ2n) is 9.77. The topological polar surface area (TPSA) is 26.0 Å². The molecule has 168 valence electrons. The van der Waals surface area contributed by atoms with E-state index >= 15 is 0 Å². The molecule has 2 aromatic heterocycles. The van der Waals surface area contributed by atoms with Crippen LogP contribution in [0, 0.1) is 12.3 Å². The lowest BCUT2D eigenvalue weighted by Crippen LogP contribution is -2.10. The van der Waals surface area contributed by atoms with Gasteiger partial charge in [-0.05, 0) is 87.7 Å². The number of nitrogens with zero attached hydrogens (tertiary/aromatic N) is 1. The van der Waals surface area contributed by atoms with Crippen molar-refractivity contribution in [2.24, 2.45) is 5.41 Å². The number of rotatable bonds is 2. The molecule has 0 N–H and O–H groups in total. The van der Waals surface area contributed by atoms with Gasteiger partial charge in [-0.1, -0.05) is 62.7 Å². The zero-order valence-electron chi connectivity index (χ0n) is 24.2. The highest BCUT2D eigenvalue weighted by atomic mass is 35.5. The van der Waals surface area contributed by atoms with E-state index in [1.54, 1.807) is 26.8 Å². The minimum absolute atomic E-state index is 0.0822. The summed E-state index contributed by atoms with van der Waals surface area (Å²) in [5, 5.41) is 6.80. The maximum absolute atomic E-state index is 8.87. The second kappa shape index (κ2) is 7.58. The molecule has 2 heterocycles. The monoisotopic (exact) mass is 468 g/mol. The van der Waals surface area contributed by atoms with E-state index in [4.69, 9.17) is 22.9 Å². The predicted octanol–water partition coefficient (Wildman–Crippen LogP) is 9.50. The van der Waals surface area contributed by atoms with Gasteiger partial charge >= 0.3 is 0 Å². The summed E-state index contributed by atoms with van der Waals surface area (Å²) in [7, 11) is 0. The Morgan fingerprint density at radius 1 is 0.912 bits per heavy atom. The molecule has 6 aromatic rings. The zero-order chi connectivity index (χ0) is 27.9. The molecule has 0 aliphatic heterocycles. The Hall–Kier alpha value is -3.36. The van der Waals surface area contributed by atoms with Gasteiger partial charge in [-0.3, -0.25) is 4.98 Å². The van der Waals surface area contributed by atoms with E-state index in [1.807, 2.05) is 42.5 Å². The van der Waals surface area contributed by atoms with Crippen LogP contribution in [0.2, 0.25) is 5.02 Å². The molecule has 0 saturated heterocycles. The SMILES string of the molecule is [2H]C([2H])([2H])c1cnc(-c2cccc3c2oc2cc4c(ccc5cc(Cl)ccc54)cc23)cc1C([2H])([2H])C(C)(C)C. The Labute approximate surface area is 211 Å². The fraction of sp³-hybridized carbons (Fsp3) is 0.194. The van der Waals surface area contributed by atoms with Gasteiger partial charge in [0, 0.05) is 34.4 Å². The van der Waals surface area contributed by atoms with E-state index in [0.717, 1.165) is 37.9 Å². The minimum Gasteiger partial charge on any atom is -0.455 e. The summed E-state index contributed by atoms with van der Waals surface area (Å²) in [6, 6.07) is 21.5. The van der Waals surface area contributed by atoms with Gasteiger partial charge in [-0.25, -0.2) is 0 Å². The van der Waals surface area contributed by atoms with E-state index in [-0.39, 0.29) is 11.1 Å². The van der Waals surface area contributed by atoms with E-state index < -0.39 is 18.6 Å². The Morgan fingerprint density at radius 3 is 2.53 bits per heavy atom. The first-order valence-corrected chi connectivity index (χ1v) is 11.6. The van der Waals surface area contributed by atoms with Crippen molar-refractivity contribution < 1.29 is 11.3 Å². The molecule has 0 aliphatic carbocycles. The number of para-hydroxylation sites is 1. The molecule has 34 heavy (non-hydrogen) atoms. The molecule has 0 saturated carbocycles. The number of pyridine rings is 1. The van der Waals surface area contributed by atoms with Crippen molar-refractivity contribution >= 4 is 55.1 Å². The summed E-state index contributed by atoms with van der Waals surface area (Å²) in [6.45, 7) is 2.79. The van der Waals surface area contributed by atoms with Gasteiger partial charge in [0.25, 0.3) is 0 Å². The summed E-state index contributed by atoms with van der Waals surface area (Å²) >= 11 is 6.21. The third-order valence-corrected chi connectivity index (χ3v) is 6.34. The first-order valence-electron chi connectivity index (χ1n) is 13.7. The van der Waals surface area contributed by atoms with Gasteiger partial charge in [0.05, 0.1) is 5.69 Å². The third-order valence-electron chi connectivity index (χ3n) is 6.10. The van der Waals surface area contributed by atoms with Gasteiger partial charge < -0.3 is 4.42 Å². The highest BCUT2D eigenvalue weighted by molar-refractivity contribution is 6.31.